The van der Waals surface area contributed by atoms with Crippen LogP contribution in [0.2, 0.25) is 0 Å². The normalized spacial score (nSPS) is 10.7. The van der Waals surface area contributed by atoms with Crippen LogP contribution < -0.4 is 10.5 Å². The zero-order chi connectivity index (χ0) is 19.3. The van der Waals surface area contributed by atoms with E-state index >= 15 is 0 Å². The second-order valence-corrected chi connectivity index (χ2v) is 6.33. The standard InChI is InChI=1S/C20H24N2O4/c1-14(2)22(17-9-8-16(13-15(17)3)20(25)26-4)19(24)10-12-21-11-6-5-7-18(21)23/h5-9,11,13-14H,10,12H2,1-4H3. The first-order valence-electron chi connectivity index (χ1n) is 8.51. The van der Waals surface area contributed by atoms with Crippen molar-refractivity contribution >= 4 is 17.6 Å². The van der Waals surface area contributed by atoms with Crippen molar-refractivity contribution in [2.75, 3.05) is 12.0 Å². The summed E-state index contributed by atoms with van der Waals surface area (Å²) in [5.41, 5.74) is 1.88. The molecule has 0 fully saturated rings. The van der Waals surface area contributed by atoms with Gasteiger partial charge in [0, 0.05) is 37.0 Å². The Bertz CT molecular complexity index is 855. The molecule has 2 rings (SSSR count). The van der Waals surface area contributed by atoms with E-state index in [0.717, 1.165) is 11.3 Å². The molecular formula is C20H24N2O4. The highest BCUT2D eigenvalue weighted by molar-refractivity contribution is 5.96. The molecule has 0 aliphatic rings. The Balaban J connectivity index is 2.23. The second kappa shape index (κ2) is 8.47. The monoisotopic (exact) mass is 356 g/mol. The van der Waals surface area contributed by atoms with Crippen molar-refractivity contribution in [1.82, 2.24) is 4.57 Å². The fraction of sp³-hybridized carbons (Fsp3) is 0.350. The van der Waals surface area contributed by atoms with Crippen molar-refractivity contribution in [1.29, 1.82) is 0 Å². The van der Waals surface area contributed by atoms with E-state index in [9.17, 15) is 14.4 Å². The first kappa shape index (κ1) is 19.4. The fourth-order valence-electron chi connectivity index (χ4n) is 2.85. The summed E-state index contributed by atoms with van der Waals surface area (Å²) in [7, 11) is 1.33. The third-order valence-electron chi connectivity index (χ3n) is 4.13. The predicted molar refractivity (Wildman–Crippen MR) is 100 cm³/mol. The molecule has 1 heterocycles. The maximum absolute atomic E-state index is 12.8. The molecule has 6 nitrogen and oxygen atoms in total. The highest BCUT2D eigenvalue weighted by atomic mass is 16.5. The lowest BCUT2D eigenvalue weighted by Crippen LogP contribution is -2.38. The molecule has 1 aromatic heterocycles. The van der Waals surface area contributed by atoms with Crippen LogP contribution in [0.25, 0.3) is 0 Å². The van der Waals surface area contributed by atoms with Crippen LogP contribution in [-0.2, 0) is 16.1 Å². The van der Waals surface area contributed by atoms with E-state index < -0.39 is 5.97 Å². The van der Waals surface area contributed by atoms with Gasteiger partial charge in [0.25, 0.3) is 5.56 Å². The van der Waals surface area contributed by atoms with Gasteiger partial charge in [-0.15, -0.1) is 0 Å². The van der Waals surface area contributed by atoms with Crippen molar-refractivity contribution in [3.63, 3.8) is 0 Å². The molecule has 6 heteroatoms. The van der Waals surface area contributed by atoms with Gasteiger partial charge in [-0.05, 0) is 50.6 Å². The van der Waals surface area contributed by atoms with Gasteiger partial charge >= 0.3 is 5.97 Å². The first-order valence-corrected chi connectivity index (χ1v) is 8.51. The number of benzene rings is 1. The molecule has 0 aliphatic carbocycles. The molecule has 1 amide bonds. The minimum atomic E-state index is -0.412. The van der Waals surface area contributed by atoms with Crippen molar-refractivity contribution in [3.8, 4) is 0 Å². The quantitative estimate of drug-likeness (QED) is 0.747. The minimum Gasteiger partial charge on any atom is -0.465 e. The highest BCUT2D eigenvalue weighted by Crippen LogP contribution is 2.24. The van der Waals surface area contributed by atoms with Crippen molar-refractivity contribution in [2.24, 2.45) is 0 Å². The topological polar surface area (TPSA) is 68.6 Å². The van der Waals surface area contributed by atoms with E-state index in [1.54, 1.807) is 41.4 Å². The molecule has 1 aromatic carbocycles. The summed E-state index contributed by atoms with van der Waals surface area (Å²) in [6.45, 7) is 6.04. The van der Waals surface area contributed by atoms with Crippen molar-refractivity contribution in [3.05, 3.63) is 64.1 Å². The van der Waals surface area contributed by atoms with Crippen molar-refractivity contribution < 1.29 is 14.3 Å². The number of carbonyl (C=O) groups excluding carboxylic acids is 2. The van der Waals surface area contributed by atoms with Gasteiger partial charge in [0.15, 0.2) is 0 Å². The fourth-order valence-corrected chi connectivity index (χ4v) is 2.85. The maximum Gasteiger partial charge on any atom is 0.337 e. The number of anilines is 1. The second-order valence-electron chi connectivity index (χ2n) is 6.33. The Hall–Kier alpha value is -2.89. The summed E-state index contributed by atoms with van der Waals surface area (Å²) in [5, 5.41) is 0. The summed E-state index contributed by atoms with van der Waals surface area (Å²) in [6, 6.07) is 9.98. The number of methoxy groups -OCH3 is 1. The number of amides is 1. The number of rotatable bonds is 6. The number of carbonyl (C=O) groups is 2. The Morgan fingerprint density at radius 2 is 1.92 bits per heavy atom. The van der Waals surface area contributed by atoms with Gasteiger partial charge in [-0.3, -0.25) is 9.59 Å². The number of aryl methyl sites for hydroxylation is 2. The summed E-state index contributed by atoms with van der Waals surface area (Å²) < 4.78 is 6.25. The molecule has 0 atom stereocenters. The number of esters is 1. The van der Waals surface area contributed by atoms with Crippen LogP contribution in [0.3, 0.4) is 0 Å². The molecule has 0 saturated heterocycles. The molecule has 2 aromatic rings. The summed E-state index contributed by atoms with van der Waals surface area (Å²) in [6.07, 6.45) is 1.88. The molecule has 138 valence electrons. The lowest BCUT2D eigenvalue weighted by Gasteiger charge is -2.29. The average Bonchev–Trinajstić information content (AvgIpc) is 2.61. The zero-order valence-corrected chi connectivity index (χ0v) is 15.6. The Morgan fingerprint density at radius 1 is 1.19 bits per heavy atom. The number of nitrogens with zero attached hydrogens (tertiary/aromatic N) is 2. The number of ether oxygens (including phenoxy) is 1. The molecule has 0 bridgehead atoms. The lowest BCUT2D eigenvalue weighted by atomic mass is 10.1. The number of hydrogen-bond donors (Lipinski definition) is 0. The van der Waals surface area contributed by atoms with Crippen molar-refractivity contribution in [2.45, 2.75) is 39.8 Å². The Morgan fingerprint density at radius 3 is 2.50 bits per heavy atom. The molecule has 0 spiro atoms. The largest absolute Gasteiger partial charge is 0.465 e. The minimum absolute atomic E-state index is 0.0577. The predicted octanol–water partition coefficient (Wildman–Crippen LogP) is 2.78. The van der Waals surface area contributed by atoms with Crippen LogP contribution in [-0.4, -0.2) is 29.6 Å². The molecule has 0 N–H and O–H groups in total. The van der Waals surface area contributed by atoms with Crippen LogP contribution in [0.1, 0.15) is 36.2 Å². The summed E-state index contributed by atoms with van der Waals surface area (Å²) in [5.74, 6) is -0.491. The zero-order valence-electron chi connectivity index (χ0n) is 15.6. The van der Waals surface area contributed by atoms with Gasteiger partial charge in [-0.1, -0.05) is 6.07 Å². The van der Waals surface area contributed by atoms with Crippen LogP contribution in [0, 0.1) is 6.92 Å². The van der Waals surface area contributed by atoms with E-state index in [1.165, 1.54) is 17.7 Å². The molecule has 26 heavy (non-hydrogen) atoms. The van der Waals surface area contributed by atoms with E-state index in [4.69, 9.17) is 4.74 Å². The number of aromatic nitrogens is 1. The van der Waals surface area contributed by atoms with Crippen LogP contribution >= 0.6 is 0 Å². The lowest BCUT2D eigenvalue weighted by molar-refractivity contribution is -0.119. The summed E-state index contributed by atoms with van der Waals surface area (Å²) >= 11 is 0. The van der Waals surface area contributed by atoms with E-state index in [0.29, 0.717) is 12.1 Å². The number of pyridine rings is 1. The SMILES string of the molecule is COC(=O)c1ccc(N(C(=O)CCn2ccccc2=O)C(C)C)c(C)c1. The third kappa shape index (κ3) is 4.39. The summed E-state index contributed by atoms with van der Waals surface area (Å²) in [4.78, 5) is 38.0. The van der Waals surface area contributed by atoms with Gasteiger partial charge in [0.1, 0.15) is 0 Å². The van der Waals surface area contributed by atoms with Crippen LogP contribution in [0.15, 0.2) is 47.4 Å². The Kier molecular flexibility index (Phi) is 6.33. The highest BCUT2D eigenvalue weighted by Gasteiger charge is 2.21. The maximum atomic E-state index is 12.8. The van der Waals surface area contributed by atoms with Gasteiger partial charge in [-0.2, -0.15) is 0 Å². The van der Waals surface area contributed by atoms with Gasteiger partial charge in [-0.25, -0.2) is 4.79 Å². The van der Waals surface area contributed by atoms with Crippen LogP contribution in [0.5, 0.6) is 0 Å². The van der Waals surface area contributed by atoms with Gasteiger partial charge in [0.2, 0.25) is 5.91 Å². The smallest absolute Gasteiger partial charge is 0.337 e. The Labute approximate surface area is 153 Å². The third-order valence-corrected chi connectivity index (χ3v) is 4.13. The van der Waals surface area contributed by atoms with E-state index in [-0.39, 0.29) is 23.9 Å². The molecular weight excluding hydrogens is 332 g/mol. The molecule has 0 aliphatic heterocycles. The average molecular weight is 356 g/mol. The van der Waals surface area contributed by atoms with Gasteiger partial charge < -0.3 is 14.2 Å². The van der Waals surface area contributed by atoms with Gasteiger partial charge in [0.05, 0.1) is 12.7 Å². The van der Waals surface area contributed by atoms with E-state index in [2.05, 4.69) is 0 Å². The molecule has 0 saturated carbocycles. The molecule has 0 radical (unpaired) electrons. The van der Waals surface area contributed by atoms with Crippen LogP contribution in [0.4, 0.5) is 5.69 Å². The first-order chi connectivity index (χ1) is 12.3. The number of hydrogen-bond acceptors (Lipinski definition) is 4. The molecule has 0 unspecified atom stereocenters. The van der Waals surface area contributed by atoms with E-state index in [1.807, 2.05) is 20.8 Å².